The second-order valence-corrected chi connectivity index (χ2v) is 7.21. The van der Waals surface area contributed by atoms with Gasteiger partial charge >= 0.3 is 0 Å². The summed E-state index contributed by atoms with van der Waals surface area (Å²) in [6, 6.07) is 8.55. The van der Waals surface area contributed by atoms with Crippen molar-refractivity contribution >= 4 is 11.6 Å². The van der Waals surface area contributed by atoms with Gasteiger partial charge in [-0.3, -0.25) is 4.99 Å². The molecule has 1 aromatic rings. The number of nitrogens with one attached hydrogen (secondary N) is 1. The summed E-state index contributed by atoms with van der Waals surface area (Å²) in [6.07, 6.45) is 8.07. The Hall–Kier alpha value is -1.75. The maximum Gasteiger partial charge on any atom is 0.193 e. The van der Waals surface area contributed by atoms with Gasteiger partial charge in [0.25, 0.3) is 0 Å². The number of nitrogens with two attached hydrogens (primary N) is 1. The largest absolute Gasteiger partial charge is 0.491 e. The van der Waals surface area contributed by atoms with Gasteiger partial charge in [-0.05, 0) is 71.0 Å². The van der Waals surface area contributed by atoms with Gasteiger partial charge in [-0.2, -0.15) is 0 Å². The first kappa shape index (κ1) is 19.6. The number of rotatable bonds is 8. The number of guanidine groups is 1. The van der Waals surface area contributed by atoms with Crippen molar-refractivity contribution in [1.82, 2.24) is 4.90 Å². The molecule has 0 unspecified atom stereocenters. The summed E-state index contributed by atoms with van der Waals surface area (Å²) < 4.78 is 5.63. The molecule has 1 aromatic carbocycles. The van der Waals surface area contributed by atoms with Gasteiger partial charge in [0.2, 0.25) is 0 Å². The van der Waals surface area contributed by atoms with Gasteiger partial charge in [-0.1, -0.05) is 19.3 Å². The second-order valence-electron chi connectivity index (χ2n) is 7.21. The highest BCUT2D eigenvalue weighted by Crippen LogP contribution is 2.21. The van der Waals surface area contributed by atoms with Crippen LogP contribution in [0, 0.1) is 0 Å². The van der Waals surface area contributed by atoms with Crippen molar-refractivity contribution in [2.75, 3.05) is 25.5 Å². The van der Waals surface area contributed by atoms with Crippen LogP contribution in [0.25, 0.3) is 0 Å². The zero-order valence-corrected chi connectivity index (χ0v) is 16.0. The minimum absolute atomic E-state index is 0.178. The number of benzene rings is 1. The third-order valence-electron chi connectivity index (χ3n) is 4.65. The molecule has 3 N–H and O–H groups in total. The van der Waals surface area contributed by atoms with E-state index in [0.29, 0.717) is 5.96 Å². The van der Waals surface area contributed by atoms with E-state index in [1.807, 2.05) is 38.1 Å². The number of hydrogen-bond acceptors (Lipinski definition) is 3. The van der Waals surface area contributed by atoms with Crippen LogP contribution in [0.4, 0.5) is 5.69 Å². The van der Waals surface area contributed by atoms with Gasteiger partial charge in [0.15, 0.2) is 5.96 Å². The van der Waals surface area contributed by atoms with E-state index in [4.69, 9.17) is 10.5 Å². The van der Waals surface area contributed by atoms with Gasteiger partial charge in [-0.15, -0.1) is 0 Å². The summed E-state index contributed by atoms with van der Waals surface area (Å²) in [7, 11) is 2.24. The fourth-order valence-corrected chi connectivity index (χ4v) is 3.30. The summed E-state index contributed by atoms with van der Waals surface area (Å²) in [5.74, 6) is 1.33. The highest BCUT2D eigenvalue weighted by Gasteiger charge is 2.17. The molecule has 2 rings (SSSR count). The molecule has 1 fully saturated rings. The Bertz CT molecular complexity index is 521. The monoisotopic (exact) mass is 346 g/mol. The van der Waals surface area contributed by atoms with Gasteiger partial charge < -0.3 is 20.7 Å². The molecule has 5 heteroatoms. The first-order valence-electron chi connectivity index (χ1n) is 9.58. The first-order valence-corrected chi connectivity index (χ1v) is 9.58. The van der Waals surface area contributed by atoms with Crippen molar-refractivity contribution in [3.8, 4) is 5.75 Å². The fourth-order valence-electron chi connectivity index (χ4n) is 3.30. The fraction of sp³-hybridized carbons (Fsp3) is 0.650. The van der Waals surface area contributed by atoms with Crippen LogP contribution in [0.5, 0.6) is 5.75 Å². The SMILES string of the molecule is CC(C)Oc1ccc(NC(N)=NCCCN(C)C2CCCCC2)cc1. The number of aliphatic imine (C=N–C) groups is 1. The quantitative estimate of drug-likeness (QED) is 0.426. The molecule has 0 radical (unpaired) electrons. The van der Waals surface area contributed by atoms with Crippen LogP contribution in [-0.4, -0.2) is 43.1 Å². The van der Waals surface area contributed by atoms with Gasteiger partial charge in [0.05, 0.1) is 6.10 Å². The van der Waals surface area contributed by atoms with E-state index >= 15 is 0 Å². The van der Waals surface area contributed by atoms with Crippen molar-refractivity contribution in [2.24, 2.45) is 10.7 Å². The van der Waals surface area contributed by atoms with E-state index < -0.39 is 0 Å². The average Bonchev–Trinajstić information content (AvgIpc) is 2.60. The topological polar surface area (TPSA) is 62.9 Å². The molecule has 0 aliphatic heterocycles. The van der Waals surface area contributed by atoms with E-state index in [1.54, 1.807) is 0 Å². The van der Waals surface area contributed by atoms with Crippen molar-refractivity contribution in [2.45, 2.75) is 64.5 Å². The lowest BCUT2D eigenvalue weighted by Gasteiger charge is -2.30. The van der Waals surface area contributed by atoms with Crippen molar-refractivity contribution in [1.29, 1.82) is 0 Å². The highest BCUT2D eigenvalue weighted by molar-refractivity contribution is 5.92. The highest BCUT2D eigenvalue weighted by atomic mass is 16.5. The van der Waals surface area contributed by atoms with E-state index in [1.165, 1.54) is 32.1 Å². The standard InChI is InChI=1S/C20H34N4O/c1-16(2)25-19-12-10-17(11-13-19)23-20(21)22-14-7-15-24(3)18-8-5-4-6-9-18/h10-13,16,18H,4-9,14-15H2,1-3H3,(H3,21,22,23). The lowest BCUT2D eigenvalue weighted by molar-refractivity contribution is 0.191. The van der Waals surface area contributed by atoms with Crippen LogP contribution in [0.15, 0.2) is 29.3 Å². The number of ether oxygens (including phenoxy) is 1. The lowest BCUT2D eigenvalue weighted by Crippen LogP contribution is -2.34. The predicted molar refractivity (Wildman–Crippen MR) is 106 cm³/mol. The van der Waals surface area contributed by atoms with Crippen molar-refractivity contribution < 1.29 is 4.74 Å². The number of anilines is 1. The molecule has 140 valence electrons. The molecule has 25 heavy (non-hydrogen) atoms. The van der Waals surface area contributed by atoms with Gasteiger partial charge in [-0.25, -0.2) is 0 Å². The summed E-state index contributed by atoms with van der Waals surface area (Å²) in [4.78, 5) is 6.92. The van der Waals surface area contributed by atoms with Crippen molar-refractivity contribution in [3.63, 3.8) is 0 Å². The zero-order chi connectivity index (χ0) is 18.1. The number of nitrogens with zero attached hydrogens (tertiary/aromatic N) is 2. The molecule has 0 spiro atoms. The van der Waals surface area contributed by atoms with Crippen LogP contribution in [0.2, 0.25) is 0 Å². The Kier molecular flexibility index (Phi) is 8.06. The Morgan fingerprint density at radius 3 is 2.56 bits per heavy atom. The molecule has 1 saturated carbocycles. The maximum absolute atomic E-state index is 5.98. The van der Waals surface area contributed by atoms with E-state index in [2.05, 4.69) is 22.3 Å². The molecular weight excluding hydrogens is 312 g/mol. The first-order chi connectivity index (χ1) is 12.0. The molecule has 0 atom stereocenters. The van der Waals surface area contributed by atoms with Crippen LogP contribution in [-0.2, 0) is 0 Å². The van der Waals surface area contributed by atoms with Crippen molar-refractivity contribution in [3.05, 3.63) is 24.3 Å². The summed E-state index contributed by atoms with van der Waals surface area (Å²) in [5.41, 5.74) is 6.91. The smallest absolute Gasteiger partial charge is 0.193 e. The van der Waals surface area contributed by atoms with E-state index in [-0.39, 0.29) is 6.10 Å². The van der Waals surface area contributed by atoms with Crippen LogP contribution >= 0.6 is 0 Å². The number of hydrogen-bond donors (Lipinski definition) is 2. The summed E-state index contributed by atoms with van der Waals surface area (Å²) in [5, 5.41) is 3.13. The summed E-state index contributed by atoms with van der Waals surface area (Å²) in [6.45, 7) is 5.87. The average molecular weight is 347 g/mol. The molecule has 0 amide bonds. The molecule has 5 nitrogen and oxygen atoms in total. The Balaban J connectivity index is 1.68. The minimum Gasteiger partial charge on any atom is -0.491 e. The molecule has 0 heterocycles. The minimum atomic E-state index is 0.178. The second kappa shape index (κ2) is 10.3. The Morgan fingerprint density at radius 2 is 1.92 bits per heavy atom. The lowest BCUT2D eigenvalue weighted by atomic mass is 9.94. The maximum atomic E-state index is 5.98. The molecule has 0 saturated heterocycles. The van der Waals surface area contributed by atoms with Crippen LogP contribution < -0.4 is 15.8 Å². The molecular formula is C20H34N4O. The van der Waals surface area contributed by atoms with Gasteiger partial charge in [0, 0.05) is 18.3 Å². The third kappa shape index (κ3) is 7.34. The molecule has 0 aromatic heterocycles. The Labute approximate surface area is 152 Å². The predicted octanol–water partition coefficient (Wildman–Crippen LogP) is 3.86. The van der Waals surface area contributed by atoms with Crippen LogP contribution in [0.1, 0.15) is 52.4 Å². The van der Waals surface area contributed by atoms with Crippen LogP contribution in [0.3, 0.4) is 0 Å². The molecule has 0 bridgehead atoms. The summed E-state index contributed by atoms with van der Waals surface area (Å²) >= 11 is 0. The molecule has 1 aliphatic rings. The Morgan fingerprint density at radius 1 is 1.24 bits per heavy atom. The molecule has 1 aliphatic carbocycles. The van der Waals surface area contributed by atoms with Gasteiger partial charge in [0.1, 0.15) is 5.75 Å². The third-order valence-corrected chi connectivity index (χ3v) is 4.65. The normalized spacial score (nSPS) is 16.4. The van der Waals surface area contributed by atoms with E-state index in [0.717, 1.165) is 37.0 Å². The zero-order valence-electron chi connectivity index (χ0n) is 16.0. The van der Waals surface area contributed by atoms with E-state index in [9.17, 15) is 0 Å².